The number of halogens is 2. The van der Waals surface area contributed by atoms with Crippen molar-refractivity contribution in [2.75, 3.05) is 7.05 Å². The number of amides is 1. The van der Waals surface area contributed by atoms with Crippen molar-refractivity contribution in [3.8, 4) is 0 Å². The molecule has 3 nitrogen and oxygen atoms in total. The fraction of sp³-hybridized carbons (Fsp3) is 0.154. The van der Waals surface area contributed by atoms with Gasteiger partial charge < -0.3 is 9.32 Å². The maximum absolute atomic E-state index is 13.6. The summed E-state index contributed by atoms with van der Waals surface area (Å²) < 4.78 is 19.4. The lowest BCUT2D eigenvalue weighted by Gasteiger charge is -2.16. The molecule has 0 fully saturated rings. The lowest BCUT2D eigenvalue weighted by molar-refractivity contribution is 0.0770. The number of carbonyl (C=O) groups is 1. The Labute approximate surface area is 112 Å². The van der Waals surface area contributed by atoms with Gasteiger partial charge in [0.25, 0.3) is 5.91 Å². The highest BCUT2D eigenvalue weighted by Crippen LogP contribution is 2.17. The average Bonchev–Trinajstić information content (AvgIpc) is 2.84. The van der Waals surface area contributed by atoms with E-state index in [4.69, 9.17) is 4.42 Å². The van der Waals surface area contributed by atoms with Crippen molar-refractivity contribution in [1.82, 2.24) is 4.90 Å². The van der Waals surface area contributed by atoms with Crippen LogP contribution < -0.4 is 0 Å². The first-order valence-electron chi connectivity index (χ1n) is 5.31. The third-order valence-electron chi connectivity index (χ3n) is 2.48. The Kier molecular flexibility index (Phi) is 3.81. The normalized spacial score (nSPS) is 10.4. The monoisotopic (exact) mass is 311 g/mol. The molecule has 0 bridgehead atoms. The third-order valence-corrected chi connectivity index (χ3v) is 2.97. The van der Waals surface area contributed by atoms with Gasteiger partial charge in [0.05, 0.1) is 18.4 Å². The van der Waals surface area contributed by atoms with E-state index in [2.05, 4.69) is 15.9 Å². The van der Waals surface area contributed by atoms with E-state index < -0.39 is 5.82 Å². The first kappa shape index (κ1) is 12.8. The van der Waals surface area contributed by atoms with E-state index in [1.807, 2.05) is 0 Å². The molecule has 94 valence electrons. The maximum atomic E-state index is 13.6. The van der Waals surface area contributed by atoms with Crippen LogP contribution in [0, 0.1) is 5.82 Å². The molecule has 0 unspecified atom stereocenters. The second-order valence-corrected chi connectivity index (χ2v) is 4.78. The molecule has 0 aliphatic carbocycles. The lowest BCUT2D eigenvalue weighted by Crippen LogP contribution is -2.26. The Bertz CT molecular complexity index is 554. The third kappa shape index (κ3) is 2.79. The van der Waals surface area contributed by atoms with Crippen LogP contribution in [-0.2, 0) is 6.54 Å². The van der Waals surface area contributed by atoms with E-state index in [0.29, 0.717) is 16.8 Å². The highest BCUT2D eigenvalue weighted by molar-refractivity contribution is 9.10. The standard InChI is InChI=1S/C13H11BrFNO2/c1-16(8-10-3-2-6-18-10)13(17)11-7-9(14)4-5-12(11)15/h2-7H,8H2,1H3. The lowest BCUT2D eigenvalue weighted by atomic mass is 10.2. The van der Waals surface area contributed by atoms with Crippen molar-refractivity contribution >= 4 is 21.8 Å². The Hall–Kier alpha value is -1.62. The number of nitrogens with zero attached hydrogens (tertiary/aromatic N) is 1. The first-order chi connectivity index (χ1) is 8.58. The molecular weight excluding hydrogens is 301 g/mol. The van der Waals surface area contributed by atoms with Crippen LogP contribution in [0.15, 0.2) is 45.5 Å². The number of furan rings is 1. The molecule has 0 spiro atoms. The summed E-state index contributed by atoms with van der Waals surface area (Å²) in [6, 6.07) is 7.79. The molecule has 1 amide bonds. The molecule has 0 aliphatic rings. The number of hydrogen-bond acceptors (Lipinski definition) is 2. The van der Waals surface area contributed by atoms with Crippen LogP contribution in [0.1, 0.15) is 16.1 Å². The molecule has 1 heterocycles. The molecule has 18 heavy (non-hydrogen) atoms. The molecule has 2 aromatic rings. The van der Waals surface area contributed by atoms with Gasteiger partial charge in [-0.3, -0.25) is 4.79 Å². The van der Waals surface area contributed by atoms with Crippen LogP contribution in [0.5, 0.6) is 0 Å². The number of carbonyl (C=O) groups excluding carboxylic acids is 1. The second-order valence-electron chi connectivity index (χ2n) is 3.86. The van der Waals surface area contributed by atoms with Gasteiger partial charge in [-0.1, -0.05) is 15.9 Å². The molecule has 0 N–H and O–H groups in total. The molecule has 1 aromatic heterocycles. The maximum Gasteiger partial charge on any atom is 0.257 e. The molecule has 0 aliphatic heterocycles. The number of hydrogen-bond donors (Lipinski definition) is 0. The Balaban J connectivity index is 2.17. The average molecular weight is 312 g/mol. The van der Waals surface area contributed by atoms with Gasteiger partial charge in [0, 0.05) is 11.5 Å². The summed E-state index contributed by atoms with van der Waals surface area (Å²) in [5.41, 5.74) is 0.0402. The van der Waals surface area contributed by atoms with Gasteiger partial charge in [0.1, 0.15) is 11.6 Å². The summed E-state index contributed by atoms with van der Waals surface area (Å²) in [6.45, 7) is 0.303. The Morgan fingerprint density at radius 3 is 2.89 bits per heavy atom. The largest absolute Gasteiger partial charge is 0.467 e. The van der Waals surface area contributed by atoms with E-state index in [1.165, 1.54) is 23.3 Å². The summed E-state index contributed by atoms with van der Waals surface area (Å²) in [7, 11) is 1.60. The Morgan fingerprint density at radius 2 is 2.22 bits per heavy atom. The smallest absolute Gasteiger partial charge is 0.257 e. The summed E-state index contributed by atoms with van der Waals surface area (Å²) in [5.74, 6) is -0.263. The topological polar surface area (TPSA) is 33.5 Å². The Morgan fingerprint density at radius 1 is 1.44 bits per heavy atom. The zero-order chi connectivity index (χ0) is 13.1. The minimum Gasteiger partial charge on any atom is -0.467 e. The van der Waals surface area contributed by atoms with Gasteiger partial charge in [-0.15, -0.1) is 0 Å². The molecule has 2 rings (SSSR count). The highest BCUT2D eigenvalue weighted by atomic mass is 79.9. The summed E-state index contributed by atoms with van der Waals surface area (Å²) >= 11 is 3.22. The predicted molar refractivity (Wildman–Crippen MR) is 68.6 cm³/mol. The fourth-order valence-electron chi connectivity index (χ4n) is 1.58. The molecule has 0 saturated carbocycles. The van der Waals surface area contributed by atoms with Crippen molar-refractivity contribution in [2.45, 2.75) is 6.54 Å². The van der Waals surface area contributed by atoms with Crippen molar-refractivity contribution in [1.29, 1.82) is 0 Å². The fourth-order valence-corrected chi connectivity index (χ4v) is 1.94. The van der Waals surface area contributed by atoms with Gasteiger partial charge in [-0.05, 0) is 30.3 Å². The van der Waals surface area contributed by atoms with Crippen molar-refractivity contribution in [2.24, 2.45) is 0 Å². The summed E-state index contributed by atoms with van der Waals surface area (Å²) in [6.07, 6.45) is 1.54. The number of rotatable bonds is 3. The van der Waals surface area contributed by atoms with E-state index in [9.17, 15) is 9.18 Å². The zero-order valence-electron chi connectivity index (χ0n) is 9.69. The van der Waals surface area contributed by atoms with Crippen molar-refractivity contribution < 1.29 is 13.6 Å². The van der Waals surface area contributed by atoms with Crippen LogP contribution in [0.2, 0.25) is 0 Å². The van der Waals surface area contributed by atoms with E-state index >= 15 is 0 Å². The molecule has 0 saturated heterocycles. The second kappa shape index (κ2) is 5.35. The molecule has 5 heteroatoms. The quantitative estimate of drug-likeness (QED) is 0.870. The van der Waals surface area contributed by atoms with E-state index in [1.54, 1.807) is 25.2 Å². The zero-order valence-corrected chi connectivity index (χ0v) is 11.3. The molecule has 0 radical (unpaired) electrons. The minimum atomic E-state index is -0.533. The van der Waals surface area contributed by atoms with Crippen molar-refractivity contribution in [3.63, 3.8) is 0 Å². The van der Waals surface area contributed by atoms with Gasteiger partial charge in [-0.25, -0.2) is 4.39 Å². The summed E-state index contributed by atoms with van der Waals surface area (Å²) in [4.78, 5) is 13.5. The molecular formula is C13H11BrFNO2. The highest BCUT2D eigenvalue weighted by Gasteiger charge is 2.17. The SMILES string of the molecule is CN(Cc1ccco1)C(=O)c1cc(Br)ccc1F. The predicted octanol–water partition coefficient (Wildman–Crippen LogP) is 3.45. The minimum absolute atomic E-state index is 0.0402. The van der Waals surface area contributed by atoms with Crippen LogP contribution in [0.25, 0.3) is 0 Å². The van der Waals surface area contributed by atoms with Crippen LogP contribution >= 0.6 is 15.9 Å². The molecule has 1 aromatic carbocycles. The van der Waals surface area contributed by atoms with E-state index in [0.717, 1.165) is 0 Å². The van der Waals surface area contributed by atoms with Crippen LogP contribution in [0.3, 0.4) is 0 Å². The van der Waals surface area contributed by atoms with Crippen LogP contribution in [0.4, 0.5) is 4.39 Å². The number of benzene rings is 1. The first-order valence-corrected chi connectivity index (χ1v) is 6.10. The van der Waals surface area contributed by atoms with Gasteiger partial charge in [0.2, 0.25) is 0 Å². The van der Waals surface area contributed by atoms with Gasteiger partial charge in [-0.2, -0.15) is 0 Å². The van der Waals surface area contributed by atoms with Gasteiger partial charge in [0.15, 0.2) is 0 Å². The van der Waals surface area contributed by atoms with Crippen LogP contribution in [-0.4, -0.2) is 17.9 Å². The van der Waals surface area contributed by atoms with Gasteiger partial charge >= 0.3 is 0 Å². The molecule has 0 atom stereocenters. The van der Waals surface area contributed by atoms with E-state index in [-0.39, 0.29) is 11.5 Å². The summed E-state index contributed by atoms with van der Waals surface area (Å²) in [5, 5.41) is 0. The van der Waals surface area contributed by atoms with Crippen molar-refractivity contribution in [3.05, 3.63) is 58.2 Å².